The number of halogens is 1. The average molecular weight is 1090 g/mol. The third kappa shape index (κ3) is 12.1. The van der Waals surface area contributed by atoms with Crippen LogP contribution in [0.25, 0.3) is 22.3 Å². The largest absolute Gasteiger partial charge is 0.458 e. The van der Waals surface area contributed by atoms with E-state index < -0.39 is 96.2 Å². The monoisotopic (exact) mass is 1090 g/mol. The van der Waals surface area contributed by atoms with Crippen LogP contribution in [0.5, 0.6) is 0 Å². The van der Waals surface area contributed by atoms with E-state index in [2.05, 4.69) is 31.9 Å². The van der Waals surface area contributed by atoms with Gasteiger partial charge in [0, 0.05) is 47.7 Å². The predicted octanol–water partition coefficient (Wildman–Crippen LogP) is 1.45. The summed E-state index contributed by atoms with van der Waals surface area (Å²) in [5.41, 5.74) is 2.16. The van der Waals surface area contributed by atoms with Crippen molar-refractivity contribution < 1.29 is 62.1 Å². The van der Waals surface area contributed by atoms with Gasteiger partial charge in [0.25, 0.3) is 17.4 Å². The lowest BCUT2D eigenvalue weighted by Crippen LogP contribution is -2.51. The number of nitrogens with zero attached hydrogens (tertiary/aromatic N) is 3. The van der Waals surface area contributed by atoms with Gasteiger partial charge in [-0.15, -0.1) is 0 Å². The van der Waals surface area contributed by atoms with Crippen LogP contribution >= 0.6 is 0 Å². The summed E-state index contributed by atoms with van der Waals surface area (Å²) in [5, 5.41) is 27.9. The lowest BCUT2D eigenvalue weighted by molar-refractivity contribution is -0.172. The van der Waals surface area contributed by atoms with Crippen molar-refractivity contribution in [2.45, 2.75) is 121 Å². The van der Waals surface area contributed by atoms with Gasteiger partial charge in [-0.05, 0) is 98.9 Å². The molecule has 79 heavy (non-hydrogen) atoms. The van der Waals surface area contributed by atoms with Crippen molar-refractivity contribution in [2.24, 2.45) is 5.92 Å². The first-order valence-electron chi connectivity index (χ1n) is 26.6. The Morgan fingerprint density at radius 3 is 2.29 bits per heavy atom. The molecule has 1 saturated carbocycles. The van der Waals surface area contributed by atoms with Gasteiger partial charge in [0.2, 0.25) is 35.4 Å². The zero-order valence-electron chi connectivity index (χ0n) is 43.8. The Balaban J connectivity index is 0.778. The van der Waals surface area contributed by atoms with E-state index in [0.29, 0.717) is 90.3 Å². The van der Waals surface area contributed by atoms with E-state index >= 15 is 4.39 Å². The second-order valence-electron chi connectivity index (χ2n) is 20.5. The fraction of sp³-hybridized carbons (Fsp3) is 0.446. The number of pyridine rings is 2. The summed E-state index contributed by atoms with van der Waals surface area (Å²) in [7, 11) is 0. The third-order valence-corrected chi connectivity index (χ3v) is 15.3. The molecular formula is C56H62FN9O13. The number of aryl methyl sites for hydroxylation is 2. The van der Waals surface area contributed by atoms with Gasteiger partial charge in [-0.25, -0.2) is 14.2 Å². The summed E-state index contributed by atoms with van der Waals surface area (Å²) in [6, 6.07) is 10.4. The van der Waals surface area contributed by atoms with Gasteiger partial charge in [0.15, 0.2) is 5.60 Å². The topological polar surface area (TPSA) is 303 Å². The number of aliphatic hydroxyl groups is 1. The highest BCUT2D eigenvalue weighted by atomic mass is 19.1. The SMILES string of the molecule is CC[C@@]1(O)C(=O)OCc2c1cc1n(c2=O)Cc2c-1nc1cc(F)c(C)c3c1c2[C@@H](NC(=O)[C@H](OCNC(=O)CNC(=O)[C@H](CCc1ccccc1)NC(=O)CNC(=O)CNC(=O)CCCCCN1C(=O)C=CC1=O)C1CC1)CC3. The Labute approximate surface area is 452 Å². The van der Waals surface area contributed by atoms with Crippen molar-refractivity contribution in [3.05, 3.63) is 110 Å². The average Bonchev–Trinajstić information content (AvgIpc) is 4.16. The maximum atomic E-state index is 15.5. The first kappa shape index (κ1) is 55.6. The van der Waals surface area contributed by atoms with Crippen molar-refractivity contribution in [1.29, 1.82) is 0 Å². The second kappa shape index (κ2) is 23.8. The highest BCUT2D eigenvalue weighted by Crippen LogP contribution is 2.46. The number of hydrogen-bond donors (Lipinski definition) is 7. The van der Waals surface area contributed by atoms with Gasteiger partial charge in [-0.3, -0.25) is 48.1 Å². The van der Waals surface area contributed by atoms with Crippen molar-refractivity contribution in [3.8, 4) is 11.4 Å². The molecule has 2 aromatic carbocycles. The minimum atomic E-state index is -2.05. The third-order valence-electron chi connectivity index (χ3n) is 15.3. The molecule has 7 N–H and O–H groups in total. The zero-order valence-corrected chi connectivity index (χ0v) is 43.8. The molecule has 0 unspecified atom stereocenters. The molecule has 0 saturated heterocycles. The van der Waals surface area contributed by atoms with Crippen LogP contribution in [-0.4, -0.2) is 118 Å². The van der Waals surface area contributed by atoms with Crippen molar-refractivity contribution in [1.82, 2.24) is 46.4 Å². The second-order valence-corrected chi connectivity index (χ2v) is 20.5. The predicted molar refractivity (Wildman–Crippen MR) is 279 cm³/mol. The molecule has 4 aromatic rings. The van der Waals surface area contributed by atoms with Gasteiger partial charge < -0.3 is 51.0 Å². The number of nitrogens with one attached hydrogen (secondary N) is 6. The summed E-state index contributed by atoms with van der Waals surface area (Å²) in [4.78, 5) is 135. The number of cyclic esters (lactones) is 1. The normalized spacial score (nSPS) is 18.5. The first-order valence-corrected chi connectivity index (χ1v) is 26.6. The quantitative estimate of drug-likeness (QED) is 0.0199. The van der Waals surface area contributed by atoms with Gasteiger partial charge in [0.05, 0.1) is 54.7 Å². The number of aromatic nitrogens is 2. The maximum absolute atomic E-state index is 15.5. The van der Waals surface area contributed by atoms with Crippen LogP contribution in [-0.2, 0) is 84.2 Å². The maximum Gasteiger partial charge on any atom is 0.343 e. The summed E-state index contributed by atoms with van der Waals surface area (Å²) in [6.45, 7) is 1.48. The van der Waals surface area contributed by atoms with Crippen LogP contribution in [0.1, 0.15) is 110 Å². The van der Waals surface area contributed by atoms with Gasteiger partial charge in [-0.2, -0.15) is 0 Å². The molecule has 23 heteroatoms. The molecule has 5 heterocycles. The number of imide groups is 1. The lowest BCUT2D eigenvalue weighted by Gasteiger charge is -2.31. The number of carbonyl (C=O) groups is 9. The van der Waals surface area contributed by atoms with Crippen molar-refractivity contribution >= 4 is 64.1 Å². The molecule has 8 amide bonds. The fourth-order valence-electron chi connectivity index (χ4n) is 10.7. The van der Waals surface area contributed by atoms with Gasteiger partial charge in [-0.1, -0.05) is 43.7 Å². The highest BCUT2D eigenvalue weighted by Gasteiger charge is 2.46. The number of esters is 1. The number of carbonyl (C=O) groups excluding carboxylic acids is 9. The van der Waals surface area contributed by atoms with Crippen LogP contribution < -0.4 is 37.5 Å². The summed E-state index contributed by atoms with van der Waals surface area (Å²) >= 11 is 0. The number of unbranched alkanes of at least 4 members (excludes halogenated alkanes) is 2. The Morgan fingerprint density at radius 2 is 1.56 bits per heavy atom. The van der Waals surface area contributed by atoms with E-state index in [0.717, 1.165) is 16.0 Å². The molecule has 2 aromatic heterocycles. The molecular weight excluding hydrogens is 1030 g/mol. The Kier molecular flexibility index (Phi) is 16.8. The van der Waals surface area contributed by atoms with E-state index in [1.165, 1.54) is 22.8 Å². The number of hydrogen-bond acceptors (Lipinski definition) is 14. The van der Waals surface area contributed by atoms with Crippen LogP contribution in [0, 0.1) is 18.7 Å². The van der Waals surface area contributed by atoms with Crippen molar-refractivity contribution in [2.75, 3.05) is 32.9 Å². The van der Waals surface area contributed by atoms with E-state index in [9.17, 15) is 53.1 Å². The first-order chi connectivity index (χ1) is 37.9. The summed E-state index contributed by atoms with van der Waals surface area (Å²) < 4.78 is 28.3. The minimum absolute atomic E-state index is 0.0478. The molecule has 0 radical (unpaired) electrons. The number of ether oxygens (including phenoxy) is 2. The van der Waals surface area contributed by atoms with Crippen LogP contribution in [0.15, 0.2) is 59.4 Å². The minimum Gasteiger partial charge on any atom is -0.458 e. The Hall–Kier alpha value is -8.18. The van der Waals surface area contributed by atoms with Crippen LogP contribution in [0.3, 0.4) is 0 Å². The number of fused-ring (bicyclic) bond motifs is 5. The standard InChI is InChI=1S/C56H62FN9O13/c1-3-56(77)36-22-41-50-34(27-66(41)54(75)35(36)28-78-55(56)76)49-38(18-16-33-30(2)37(57)23-40(63-50)48(33)49)64-53(74)51(32-14-15-32)79-29-61-44(69)25-60-52(73)39(17-13-31-10-6-4-7-11-31)62-45(70)26-59-43(68)24-58-42(67)12-8-5-9-21-65-46(71)19-20-47(65)72/h4,6-7,10-11,19-20,22-23,32,38-39,51,77H,3,5,8-9,12-18,21,24-29H2,1-2H3,(H,58,67)(H,59,68)(H,60,73)(H,61,69)(H,62,70)(H,64,74)/t38-,39-,51+,56-/m0/s1. The molecule has 2 aliphatic carbocycles. The van der Waals surface area contributed by atoms with Crippen LogP contribution in [0.2, 0.25) is 0 Å². The fourth-order valence-corrected chi connectivity index (χ4v) is 10.7. The highest BCUT2D eigenvalue weighted by molar-refractivity contribution is 6.12. The molecule has 1 fully saturated rings. The molecule has 0 spiro atoms. The van der Waals surface area contributed by atoms with Gasteiger partial charge >= 0.3 is 5.97 Å². The van der Waals surface area contributed by atoms with Crippen LogP contribution in [0.4, 0.5) is 4.39 Å². The van der Waals surface area contributed by atoms with E-state index in [1.807, 2.05) is 30.3 Å². The molecule has 3 aliphatic heterocycles. The summed E-state index contributed by atoms with van der Waals surface area (Å²) in [6.07, 6.45) is 5.74. The number of benzene rings is 2. The smallest absolute Gasteiger partial charge is 0.343 e. The lowest BCUT2D eigenvalue weighted by atomic mass is 9.81. The van der Waals surface area contributed by atoms with E-state index in [1.54, 1.807) is 19.9 Å². The Morgan fingerprint density at radius 1 is 0.848 bits per heavy atom. The Bertz CT molecular complexity index is 3230. The molecule has 0 bridgehead atoms. The van der Waals surface area contributed by atoms with E-state index in [-0.39, 0.29) is 74.5 Å². The molecule has 5 aliphatic rings. The molecule has 9 rings (SSSR count). The summed E-state index contributed by atoms with van der Waals surface area (Å²) in [5.74, 6) is -5.73. The van der Waals surface area contributed by atoms with Gasteiger partial charge in [0.1, 0.15) is 31.3 Å². The van der Waals surface area contributed by atoms with Crippen molar-refractivity contribution in [3.63, 3.8) is 0 Å². The molecule has 416 valence electrons. The number of amides is 8. The number of rotatable bonds is 24. The molecule has 22 nitrogen and oxygen atoms in total. The molecule has 4 atom stereocenters. The van der Waals surface area contributed by atoms with E-state index in [4.69, 9.17) is 14.5 Å². The zero-order chi connectivity index (χ0) is 56.1.